The third-order valence-electron chi connectivity index (χ3n) is 6.33. The molecule has 0 bridgehead atoms. The molecule has 4 aromatic rings. The molecule has 4 aromatic heterocycles. The van der Waals surface area contributed by atoms with E-state index in [1.807, 2.05) is 12.1 Å². The van der Waals surface area contributed by atoms with Crippen LogP contribution in [0.2, 0.25) is 0 Å². The van der Waals surface area contributed by atoms with E-state index < -0.39 is 0 Å². The monoisotopic (exact) mass is 510 g/mol. The molecule has 1 fully saturated rings. The van der Waals surface area contributed by atoms with Crippen LogP contribution in [-0.2, 0) is 22.4 Å². The smallest absolute Gasteiger partial charge is 0.231 e. The molecule has 4 heterocycles. The number of aromatic nitrogens is 8. The number of anilines is 2. The predicted molar refractivity (Wildman–Crippen MR) is 137 cm³/mol. The minimum atomic E-state index is -0.225. The van der Waals surface area contributed by atoms with Gasteiger partial charge in [0.1, 0.15) is 0 Å². The van der Waals surface area contributed by atoms with Gasteiger partial charge in [-0.1, -0.05) is 6.42 Å². The largest absolute Gasteiger partial charge is 0.309 e. The van der Waals surface area contributed by atoms with Gasteiger partial charge in [-0.05, 0) is 43.5 Å². The summed E-state index contributed by atoms with van der Waals surface area (Å²) >= 11 is 0. The Bertz CT molecular complexity index is 1250. The molecule has 0 spiro atoms. The van der Waals surface area contributed by atoms with E-state index in [-0.39, 0.29) is 36.5 Å². The Balaban J connectivity index is 1.14. The lowest BCUT2D eigenvalue weighted by Gasteiger charge is -2.28. The first-order valence-electron chi connectivity index (χ1n) is 12.4. The van der Waals surface area contributed by atoms with E-state index in [1.54, 1.807) is 49.3 Å². The summed E-state index contributed by atoms with van der Waals surface area (Å²) in [5.74, 6) is 0.822. The number of amides is 2. The van der Waals surface area contributed by atoms with E-state index >= 15 is 0 Å². The zero-order chi connectivity index (χ0) is 26.2. The van der Waals surface area contributed by atoms with Crippen LogP contribution in [0.15, 0.2) is 61.4 Å². The Hall–Kier alpha value is -4.74. The van der Waals surface area contributed by atoms with Crippen LogP contribution in [0.4, 0.5) is 11.6 Å². The lowest BCUT2D eigenvalue weighted by atomic mass is 9.78. The van der Waals surface area contributed by atoms with E-state index in [9.17, 15) is 9.59 Å². The van der Waals surface area contributed by atoms with E-state index in [2.05, 4.69) is 51.0 Å². The van der Waals surface area contributed by atoms with Crippen LogP contribution in [0, 0.1) is 0 Å². The second-order valence-corrected chi connectivity index (χ2v) is 9.09. The van der Waals surface area contributed by atoms with Gasteiger partial charge in [0.05, 0.1) is 35.6 Å². The fourth-order valence-corrected chi connectivity index (χ4v) is 4.53. The Morgan fingerprint density at radius 2 is 1.18 bits per heavy atom. The maximum Gasteiger partial charge on any atom is 0.231 e. The van der Waals surface area contributed by atoms with Gasteiger partial charge >= 0.3 is 0 Å². The van der Waals surface area contributed by atoms with Crippen molar-refractivity contribution in [2.45, 2.75) is 50.4 Å². The first kappa shape index (κ1) is 24.9. The molecule has 5 rings (SSSR count). The summed E-state index contributed by atoms with van der Waals surface area (Å²) in [6.07, 6.45) is 13.5. The highest BCUT2D eigenvalue weighted by Gasteiger charge is 2.27. The summed E-state index contributed by atoms with van der Waals surface area (Å²) in [5.41, 5.74) is 2.96. The van der Waals surface area contributed by atoms with E-state index in [4.69, 9.17) is 0 Å². The van der Waals surface area contributed by atoms with E-state index in [1.165, 1.54) is 0 Å². The number of carbonyl (C=O) groups is 2. The van der Waals surface area contributed by atoms with Crippen molar-refractivity contribution in [2.75, 3.05) is 10.6 Å². The molecule has 2 N–H and O–H groups in total. The SMILES string of the molecule is O=C(Cc1cnccn1)Nc1ccc([C@H]2CCC[C@H](c3ccc(NC(=O)Cc4cnccn4)nn3)C2)nn1. The van der Waals surface area contributed by atoms with Crippen LogP contribution in [0.5, 0.6) is 0 Å². The lowest BCUT2D eigenvalue weighted by molar-refractivity contribution is -0.116. The first-order valence-corrected chi connectivity index (χ1v) is 12.4. The van der Waals surface area contributed by atoms with Crippen LogP contribution in [0.1, 0.15) is 60.3 Å². The zero-order valence-corrected chi connectivity index (χ0v) is 20.6. The average molecular weight is 511 g/mol. The van der Waals surface area contributed by atoms with Crippen molar-refractivity contribution in [3.63, 3.8) is 0 Å². The summed E-state index contributed by atoms with van der Waals surface area (Å²) in [6.45, 7) is 0. The number of rotatable bonds is 8. The molecule has 0 radical (unpaired) electrons. The highest BCUT2D eigenvalue weighted by Crippen LogP contribution is 2.40. The molecule has 0 aliphatic heterocycles. The number of hydrogen-bond acceptors (Lipinski definition) is 10. The molecular weight excluding hydrogens is 484 g/mol. The molecule has 2 atom stereocenters. The zero-order valence-electron chi connectivity index (χ0n) is 20.6. The van der Waals surface area contributed by atoms with Crippen LogP contribution in [-0.4, -0.2) is 52.1 Å². The standard InChI is InChI=1S/C26H26N10O2/c37-25(13-19-15-27-8-10-29-19)31-23-6-4-21(33-35-23)17-2-1-3-18(12-17)22-5-7-24(36-34-22)32-26(38)14-20-16-28-9-11-30-20/h4-11,15-18H,1-3,12-14H2,(H,31,35,37)(H,32,36,38)/t17-,18-/m0/s1. The van der Waals surface area contributed by atoms with Gasteiger partial charge in [0.25, 0.3) is 0 Å². The minimum Gasteiger partial charge on any atom is -0.309 e. The topological polar surface area (TPSA) is 161 Å². The Labute approximate surface area is 218 Å². The van der Waals surface area contributed by atoms with Crippen LogP contribution in [0.25, 0.3) is 0 Å². The fraction of sp³-hybridized carbons (Fsp3) is 0.308. The third kappa shape index (κ3) is 6.72. The molecule has 1 aliphatic rings. The van der Waals surface area contributed by atoms with Gasteiger partial charge in [0.2, 0.25) is 11.8 Å². The Morgan fingerprint density at radius 1 is 0.684 bits per heavy atom. The highest BCUT2D eigenvalue weighted by atomic mass is 16.2. The normalized spacial score (nSPS) is 16.9. The van der Waals surface area contributed by atoms with Crippen molar-refractivity contribution in [1.29, 1.82) is 0 Å². The molecule has 1 saturated carbocycles. The number of hydrogen-bond donors (Lipinski definition) is 2. The highest BCUT2D eigenvalue weighted by molar-refractivity contribution is 5.91. The second-order valence-electron chi connectivity index (χ2n) is 9.09. The maximum atomic E-state index is 12.2. The lowest BCUT2D eigenvalue weighted by Crippen LogP contribution is -2.19. The van der Waals surface area contributed by atoms with Crippen molar-refractivity contribution in [3.05, 3.63) is 84.2 Å². The molecular formula is C26H26N10O2. The van der Waals surface area contributed by atoms with Gasteiger partial charge in [0.15, 0.2) is 11.6 Å². The Kier molecular flexibility index (Phi) is 7.87. The van der Waals surface area contributed by atoms with Gasteiger partial charge in [-0.15, -0.1) is 10.2 Å². The van der Waals surface area contributed by atoms with Crippen molar-refractivity contribution in [1.82, 2.24) is 40.3 Å². The van der Waals surface area contributed by atoms with E-state index in [0.717, 1.165) is 37.1 Å². The summed E-state index contributed by atoms with van der Waals surface area (Å²) in [7, 11) is 0. The minimum absolute atomic E-state index is 0.118. The van der Waals surface area contributed by atoms with Gasteiger partial charge in [-0.3, -0.25) is 29.5 Å². The first-order chi connectivity index (χ1) is 18.6. The van der Waals surface area contributed by atoms with Crippen LogP contribution >= 0.6 is 0 Å². The van der Waals surface area contributed by atoms with E-state index in [0.29, 0.717) is 23.0 Å². The van der Waals surface area contributed by atoms with Crippen LogP contribution in [0.3, 0.4) is 0 Å². The van der Waals surface area contributed by atoms with Gasteiger partial charge in [-0.25, -0.2) is 0 Å². The van der Waals surface area contributed by atoms with Gasteiger partial charge in [-0.2, -0.15) is 10.2 Å². The molecule has 1 aliphatic carbocycles. The quantitative estimate of drug-likeness (QED) is 0.360. The summed E-state index contributed by atoms with van der Waals surface area (Å²) in [4.78, 5) is 40.6. The summed E-state index contributed by atoms with van der Waals surface area (Å²) < 4.78 is 0. The van der Waals surface area contributed by atoms with Crippen LogP contribution < -0.4 is 10.6 Å². The maximum absolute atomic E-state index is 12.2. The third-order valence-corrected chi connectivity index (χ3v) is 6.33. The molecule has 12 nitrogen and oxygen atoms in total. The van der Waals surface area contributed by atoms with Crippen molar-refractivity contribution in [3.8, 4) is 0 Å². The molecule has 12 heteroatoms. The molecule has 0 saturated heterocycles. The second kappa shape index (κ2) is 12.0. The molecule has 2 amide bonds. The van der Waals surface area contributed by atoms with Crippen molar-refractivity contribution < 1.29 is 9.59 Å². The molecule has 192 valence electrons. The van der Waals surface area contributed by atoms with Gasteiger partial charge < -0.3 is 10.6 Å². The summed E-state index contributed by atoms with van der Waals surface area (Å²) in [5, 5.41) is 22.7. The fourth-order valence-electron chi connectivity index (χ4n) is 4.53. The molecule has 0 unspecified atom stereocenters. The predicted octanol–water partition coefficient (Wildman–Crippen LogP) is 2.65. The van der Waals surface area contributed by atoms with Gasteiger partial charge in [0, 0.05) is 49.0 Å². The number of nitrogens with zero attached hydrogens (tertiary/aromatic N) is 8. The molecule has 38 heavy (non-hydrogen) atoms. The Morgan fingerprint density at radius 3 is 1.58 bits per heavy atom. The number of carbonyl (C=O) groups excluding carboxylic acids is 2. The van der Waals surface area contributed by atoms with Crippen molar-refractivity contribution >= 4 is 23.5 Å². The summed E-state index contributed by atoms with van der Waals surface area (Å²) in [6, 6.07) is 7.39. The van der Waals surface area contributed by atoms with Crippen molar-refractivity contribution in [2.24, 2.45) is 0 Å². The number of nitrogens with one attached hydrogen (secondary N) is 2. The molecule has 0 aromatic carbocycles. The average Bonchev–Trinajstić information content (AvgIpc) is 2.95.